The van der Waals surface area contributed by atoms with E-state index in [4.69, 9.17) is 21.6 Å². The molecule has 5 nitrogen and oxygen atoms in total. The molecule has 1 heterocycles. The smallest absolute Gasteiger partial charge is 0.451 e. The van der Waals surface area contributed by atoms with E-state index in [-0.39, 0.29) is 17.8 Å². The van der Waals surface area contributed by atoms with Gasteiger partial charge in [-0.1, -0.05) is 36.6 Å². The lowest BCUT2D eigenvalue weighted by atomic mass is 9.69. The van der Waals surface area contributed by atoms with Crippen LogP contribution in [0.3, 0.4) is 0 Å². The summed E-state index contributed by atoms with van der Waals surface area (Å²) in [4.78, 5) is 14.3. The van der Waals surface area contributed by atoms with Crippen LogP contribution in [0.25, 0.3) is 0 Å². The van der Waals surface area contributed by atoms with Crippen molar-refractivity contribution < 1.29 is 19.9 Å². The lowest BCUT2D eigenvalue weighted by Crippen LogP contribution is -2.42. The molecule has 0 radical (unpaired) electrons. The Morgan fingerprint density at radius 2 is 1.79 bits per heavy atom. The van der Waals surface area contributed by atoms with Gasteiger partial charge in [-0.3, -0.25) is 4.79 Å². The van der Waals surface area contributed by atoms with Crippen LogP contribution in [0.1, 0.15) is 50.0 Å². The minimum Gasteiger partial charge on any atom is -0.481 e. The van der Waals surface area contributed by atoms with Crippen molar-refractivity contribution in [3.63, 3.8) is 0 Å². The van der Waals surface area contributed by atoms with Crippen molar-refractivity contribution in [3.8, 4) is 0 Å². The Bertz CT molecular complexity index is 634. The van der Waals surface area contributed by atoms with Gasteiger partial charge in [0.25, 0.3) is 0 Å². The van der Waals surface area contributed by atoms with E-state index in [1.54, 1.807) is 0 Å². The Labute approximate surface area is 172 Å². The highest BCUT2D eigenvalue weighted by molar-refractivity contribution is 6.40. The molecule has 3 rings (SSSR count). The van der Waals surface area contributed by atoms with Crippen molar-refractivity contribution in [1.29, 1.82) is 0 Å². The summed E-state index contributed by atoms with van der Waals surface area (Å²) in [5.41, 5.74) is 1.35. The summed E-state index contributed by atoms with van der Waals surface area (Å²) in [6, 6.07) is 8.14. The average Bonchev–Trinajstić information content (AvgIpc) is 2.68. The first-order valence-corrected chi connectivity index (χ1v) is 10.9. The molecule has 1 aliphatic carbocycles. The number of piperidine rings is 1. The fourth-order valence-corrected chi connectivity index (χ4v) is 5.13. The number of carboxylic acid groups (broad SMARTS) is 1. The van der Waals surface area contributed by atoms with Gasteiger partial charge in [0.1, 0.15) is 0 Å². The predicted molar refractivity (Wildman–Crippen MR) is 111 cm³/mol. The van der Waals surface area contributed by atoms with Crippen molar-refractivity contribution >= 4 is 24.7 Å². The molecule has 1 saturated heterocycles. The first-order chi connectivity index (χ1) is 13.4. The number of aliphatic carboxylic acids is 1. The molecular weight excluding hydrogens is 376 g/mol. The first kappa shape index (κ1) is 21.6. The molecule has 2 fully saturated rings. The van der Waals surface area contributed by atoms with Crippen LogP contribution >= 0.6 is 11.6 Å². The molecule has 7 heteroatoms. The van der Waals surface area contributed by atoms with Gasteiger partial charge in [0.15, 0.2) is 0 Å². The molecule has 0 spiro atoms. The average molecular weight is 408 g/mol. The van der Waals surface area contributed by atoms with E-state index < -0.39 is 13.1 Å². The van der Waals surface area contributed by atoms with Crippen LogP contribution in [0.5, 0.6) is 0 Å². The normalized spacial score (nSPS) is 26.9. The van der Waals surface area contributed by atoms with E-state index in [9.17, 15) is 9.90 Å². The Morgan fingerprint density at radius 3 is 2.39 bits per heavy atom. The Hall–Kier alpha value is -1.08. The monoisotopic (exact) mass is 407 g/mol. The van der Waals surface area contributed by atoms with Gasteiger partial charge in [-0.05, 0) is 80.5 Å². The summed E-state index contributed by atoms with van der Waals surface area (Å²) >= 11 is 5.99. The Kier molecular flexibility index (Phi) is 7.81. The molecule has 0 bridgehead atoms. The Balaban J connectivity index is 1.49. The van der Waals surface area contributed by atoms with Gasteiger partial charge < -0.3 is 20.1 Å². The number of hydrogen-bond donors (Lipinski definition) is 3. The summed E-state index contributed by atoms with van der Waals surface area (Å²) < 4.78 is 0. The number of carbonyl (C=O) groups is 1. The number of carboxylic acids is 1. The molecule has 1 aromatic rings. The second-order valence-electron chi connectivity index (χ2n) is 8.57. The third kappa shape index (κ3) is 5.96. The number of benzene rings is 1. The van der Waals surface area contributed by atoms with E-state index in [0.717, 1.165) is 50.3 Å². The molecule has 1 saturated carbocycles. The molecule has 154 valence electrons. The zero-order valence-corrected chi connectivity index (χ0v) is 17.1. The third-order valence-corrected chi connectivity index (χ3v) is 6.93. The van der Waals surface area contributed by atoms with Crippen molar-refractivity contribution in [2.45, 2.75) is 50.8 Å². The maximum absolute atomic E-state index is 11.8. The number of hydrogen-bond acceptors (Lipinski definition) is 4. The fourth-order valence-electron chi connectivity index (χ4n) is 5.00. The van der Waals surface area contributed by atoms with Gasteiger partial charge in [0.05, 0.1) is 5.92 Å². The minimum atomic E-state index is -1.29. The summed E-state index contributed by atoms with van der Waals surface area (Å²) in [5.74, 6) is 0.0259. The molecule has 0 amide bonds. The molecule has 3 N–H and O–H groups in total. The molecule has 3 atom stereocenters. The van der Waals surface area contributed by atoms with Gasteiger partial charge in [-0.15, -0.1) is 0 Å². The highest BCUT2D eigenvalue weighted by Gasteiger charge is 2.36. The topological polar surface area (TPSA) is 81.0 Å². The summed E-state index contributed by atoms with van der Waals surface area (Å²) in [6.45, 7) is 2.88. The number of rotatable bonds is 7. The quantitative estimate of drug-likeness (QED) is 0.603. The van der Waals surface area contributed by atoms with Crippen molar-refractivity contribution in [3.05, 3.63) is 34.9 Å². The summed E-state index contributed by atoms with van der Waals surface area (Å²) in [6.07, 6.45) is 5.80. The second-order valence-corrected chi connectivity index (χ2v) is 9.00. The van der Waals surface area contributed by atoms with Crippen molar-refractivity contribution in [1.82, 2.24) is 4.90 Å². The standard InChI is InChI=1S/C21H31BClNO4/c23-19-5-3-16(4-6-19)17-8-11-24(12-9-17)14-18-2-1-15(7-10-22(27)28)13-20(18)21(25)26/h3-6,15,17-18,20,27-28H,1-2,7-14H2,(H,25,26)/t15-,18-,20-/m0/s1. The molecule has 0 aromatic heterocycles. The van der Waals surface area contributed by atoms with Crippen LogP contribution in [0.4, 0.5) is 0 Å². The van der Waals surface area contributed by atoms with Gasteiger partial charge >= 0.3 is 13.1 Å². The molecule has 1 aliphatic heterocycles. The zero-order chi connectivity index (χ0) is 20.1. The highest BCUT2D eigenvalue weighted by Crippen LogP contribution is 2.38. The van der Waals surface area contributed by atoms with Crippen LogP contribution in [-0.4, -0.2) is 52.8 Å². The van der Waals surface area contributed by atoms with Gasteiger partial charge in [0.2, 0.25) is 0 Å². The van der Waals surface area contributed by atoms with Crippen LogP contribution in [-0.2, 0) is 4.79 Å². The van der Waals surface area contributed by atoms with Gasteiger partial charge in [0, 0.05) is 11.6 Å². The van der Waals surface area contributed by atoms with E-state index in [1.165, 1.54) is 5.56 Å². The maximum atomic E-state index is 11.8. The minimum absolute atomic E-state index is 0.194. The van der Waals surface area contributed by atoms with Crippen molar-refractivity contribution in [2.75, 3.05) is 19.6 Å². The number of likely N-dealkylation sites (tertiary alicyclic amines) is 1. The van der Waals surface area contributed by atoms with Crippen LogP contribution in [0.2, 0.25) is 11.3 Å². The highest BCUT2D eigenvalue weighted by atomic mass is 35.5. The van der Waals surface area contributed by atoms with E-state index >= 15 is 0 Å². The Morgan fingerprint density at radius 1 is 1.11 bits per heavy atom. The zero-order valence-electron chi connectivity index (χ0n) is 16.3. The second kappa shape index (κ2) is 10.1. The molecule has 2 aliphatic rings. The number of halogens is 1. The third-order valence-electron chi connectivity index (χ3n) is 6.67. The SMILES string of the molecule is O=C(O)[C@H]1C[C@H](CCB(O)O)CC[C@H]1CN1CCC(c2ccc(Cl)cc2)CC1. The molecular formula is C21H31BClNO4. The molecule has 1 aromatic carbocycles. The van der Waals surface area contributed by atoms with E-state index in [2.05, 4.69) is 17.0 Å². The van der Waals surface area contributed by atoms with Crippen LogP contribution < -0.4 is 0 Å². The van der Waals surface area contributed by atoms with Gasteiger partial charge in [-0.25, -0.2) is 0 Å². The lowest BCUT2D eigenvalue weighted by Gasteiger charge is -2.39. The first-order valence-electron chi connectivity index (χ1n) is 10.5. The molecule has 0 unspecified atom stereocenters. The van der Waals surface area contributed by atoms with Gasteiger partial charge in [-0.2, -0.15) is 0 Å². The fraction of sp³-hybridized carbons (Fsp3) is 0.667. The summed E-state index contributed by atoms with van der Waals surface area (Å²) in [7, 11) is -1.29. The number of nitrogens with zero attached hydrogens (tertiary/aromatic N) is 1. The lowest BCUT2D eigenvalue weighted by molar-refractivity contribution is -0.146. The molecule has 28 heavy (non-hydrogen) atoms. The van der Waals surface area contributed by atoms with E-state index in [1.807, 2.05) is 12.1 Å². The predicted octanol–water partition coefficient (Wildman–Crippen LogP) is 3.50. The van der Waals surface area contributed by atoms with Crippen molar-refractivity contribution in [2.24, 2.45) is 17.8 Å². The largest absolute Gasteiger partial charge is 0.481 e. The van der Waals surface area contributed by atoms with Crippen LogP contribution in [0.15, 0.2) is 24.3 Å². The summed E-state index contributed by atoms with van der Waals surface area (Å²) in [5, 5.41) is 28.6. The maximum Gasteiger partial charge on any atom is 0.451 e. The van der Waals surface area contributed by atoms with Crippen LogP contribution in [0, 0.1) is 17.8 Å². The van der Waals surface area contributed by atoms with E-state index in [0.29, 0.717) is 25.1 Å².